The molecule has 2 rings (SSSR count). The first kappa shape index (κ1) is 15.7. The van der Waals surface area contributed by atoms with E-state index in [-0.39, 0.29) is 0 Å². The quantitative estimate of drug-likeness (QED) is 0.855. The van der Waals surface area contributed by atoms with Crippen LogP contribution in [0, 0.1) is 20.8 Å². The van der Waals surface area contributed by atoms with Crippen molar-refractivity contribution in [3.63, 3.8) is 0 Å². The number of nitrogens with one attached hydrogen (secondary N) is 1. The Kier molecular flexibility index (Phi) is 5.51. The molecule has 0 saturated heterocycles. The average molecular weight is 282 g/mol. The van der Waals surface area contributed by atoms with E-state index in [1.165, 1.54) is 27.8 Å². The highest BCUT2D eigenvalue weighted by molar-refractivity contribution is 5.36. The number of hydrogen-bond acceptors (Lipinski definition) is 2. The van der Waals surface area contributed by atoms with Crippen LogP contribution in [0.15, 0.2) is 36.7 Å². The molecule has 2 nitrogen and oxygen atoms in total. The van der Waals surface area contributed by atoms with Crippen LogP contribution in [0.3, 0.4) is 0 Å². The fourth-order valence-corrected chi connectivity index (χ4v) is 2.86. The van der Waals surface area contributed by atoms with Crippen molar-refractivity contribution in [2.75, 3.05) is 6.54 Å². The van der Waals surface area contributed by atoms with Crippen molar-refractivity contribution in [2.24, 2.45) is 0 Å². The minimum absolute atomic E-state index is 0.354. The highest BCUT2D eigenvalue weighted by Gasteiger charge is 2.16. The SMILES string of the molecule is CCCNC(Cc1c(C)cccc1C)c1ccncc1C. The van der Waals surface area contributed by atoms with Gasteiger partial charge in [0.15, 0.2) is 0 Å². The molecule has 0 bridgehead atoms. The number of pyridine rings is 1. The molecule has 112 valence electrons. The Hall–Kier alpha value is -1.67. The van der Waals surface area contributed by atoms with Gasteiger partial charge in [-0.2, -0.15) is 0 Å². The molecule has 1 aromatic heterocycles. The molecule has 0 saturated carbocycles. The first-order valence-electron chi connectivity index (χ1n) is 7.82. The molecule has 21 heavy (non-hydrogen) atoms. The standard InChI is InChI=1S/C19H26N2/c1-5-10-21-19(17-9-11-20-13-16(17)4)12-18-14(2)7-6-8-15(18)3/h6-9,11,13,19,21H,5,10,12H2,1-4H3. The molecule has 0 aliphatic carbocycles. The fourth-order valence-electron chi connectivity index (χ4n) is 2.86. The van der Waals surface area contributed by atoms with Gasteiger partial charge in [0.1, 0.15) is 0 Å². The summed E-state index contributed by atoms with van der Waals surface area (Å²) in [7, 11) is 0. The number of nitrogens with zero attached hydrogens (tertiary/aromatic N) is 1. The maximum absolute atomic E-state index is 4.22. The summed E-state index contributed by atoms with van der Waals surface area (Å²) < 4.78 is 0. The van der Waals surface area contributed by atoms with Gasteiger partial charge in [0.25, 0.3) is 0 Å². The minimum atomic E-state index is 0.354. The second kappa shape index (κ2) is 7.37. The van der Waals surface area contributed by atoms with Crippen molar-refractivity contribution in [2.45, 2.75) is 46.6 Å². The van der Waals surface area contributed by atoms with E-state index < -0.39 is 0 Å². The molecule has 0 aliphatic heterocycles. The van der Waals surface area contributed by atoms with E-state index in [2.05, 4.69) is 62.3 Å². The molecular formula is C19H26N2. The first-order valence-corrected chi connectivity index (χ1v) is 7.82. The zero-order valence-corrected chi connectivity index (χ0v) is 13.6. The summed E-state index contributed by atoms with van der Waals surface area (Å²) in [5, 5.41) is 3.70. The Labute approximate surface area is 128 Å². The first-order chi connectivity index (χ1) is 10.1. The van der Waals surface area contributed by atoms with Crippen molar-refractivity contribution in [3.05, 3.63) is 64.5 Å². The van der Waals surface area contributed by atoms with Crippen LogP contribution in [0.25, 0.3) is 0 Å². The summed E-state index contributed by atoms with van der Waals surface area (Å²) in [5.41, 5.74) is 6.84. The third kappa shape index (κ3) is 3.92. The van der Waals surface area contributed by atoms with Crippen LogP contribution in [0.1, 0.15) is 47.2 Å². The summed E-state index contributed by atoms with van der Waals surface area (Å²) in [4.78, 5) is 4.22. The summed E-state index contributed by atoms with van der Waals surface area (Å²) in [6.45, 7) is 9.81. The highest BCUT2D eigenvalue weighted by Crippen LogP contribution is 2.24. The van der Waals surface area contributed by atoms with E-state index in [0.29, 0.717) is 6.04 Å². The predicted molar refractivity (Wildman–Crippen MR) is 89.6 cm³/mol. The van der Waals surface area contributed by atoms with Gasteiger partial charge < -0.3 is 5.32 Å². The van der Waals surface area contributed by atoms with Gasteiger partial charge in [-0.05, 0) is 74.0 Å². The molecule has 2 heteroatoms. The smallest absolute Gasteiger partial charge is 0.0364 e. The summed E-state index contributed by atoms with van der Waals surface area (Å²) >= 11 is 0. The van der Waals surface area contributed by atoms with E-state index in [1.54, 1.807) is 0 Å². The maximum atomic E-state index is 4.22. The lowest BCUT2D eigenvalue weighted by Gasteiger charge is -2.22. The van der Waals surface area contributed by atoms with E-state index in [0.717, 1.165) is 19.4 Å². The molecule has 1 N–H and O–H groups in total. The second-order valence-electron chi connectivity index (χ2n) is 5.81. The zero-order chi connectivity index (χ0) is 15.2. The third-order valence-corrected chi connectivity index (χ3v) is 4.13. The molecule has 2 aromatic rings. The molecule has 1 atom stereocenters. The number of rotatable bonds is 6. The zero-order valence-electron chi connectivity index (χ0n) is 13.6. The van der Waals surface area contributed by atoms with Crippen LogP contribution < -0.4 is 5.32 Å². The van der Waals surface area contributed by atoms with Gasteiger partial charge >= 0.3 is 0 Å². The van der Waals surface area contributed by atoms with Crippen LogP contribution in [0.4, 0.5) is 0 Å². The Morgan fingerprint density at radius 1 is 1.05 bits per heavy atom. The molecule has 1 heterocycles. The van der Waals surface area contributed by atoms with E-state index >= 15 is 0 Å². The fraction of sp³-hybridized carbons (Fsp3) is 0.421. The molecule has 0 radical (unpaired) electrons. The van der Waals surface area contributed by atoms with Crippen molar-refractivity contribution >= 4 is 0 Å². The second-order valence-corrected chi connectivity index (χ2v) is 5.81. The summed E-state index contributed by atoms with van der Waals surface area (Å²) in [5.74, 6) is 0. The monoisotopic (exact) mass is 282 g/mol. The average Bonchev–Trinajstić information content (AvgIpc) is 2.47. The van der Waals surface area contributed by atoms with Crippen LogP contribution in [-0.4, -0.2) is 11.5 Å². The summed E-state index contributed by atoms with van der Waals surface area (Å²) in [6.07, 6.45) is 6.03. The van der Waals surface area contributed by atoms with Crippen LogP contribution >= 0.6 is 0 Å². The van der Waals surface area contributed by atoms with Gasteiger partial charge in [-0.25, -0.2) is 0 Å². The lowest BCUT2D eigenvalue weighted by molar-refractivity contribution is 0.525. The van der Waals surface area contributed by atoms with Crippen molar-refractivity contribution in [1.82, 2.24) is 10.3 Å². The number of aryl methyl sites for hydroxylation is 3. The summed E-state index contributed by atoms with van der Waals surface area (Å²) in [6, 6.07) is 9.06. The lowest BCUT2D eigenvalue weighted by Crippen LogP contribution is -2.25. The van der Waals surface area contributed by atoms with Crippen LogP contribution in [-0.2, 0) is 6.42 Å². The van der Waals surface area contributed by atoms with E-state index in [9.17, 15) is 0 Å². The van der Waals surface area contributed by atoms with Crippen molar-refractivity contribution in [1.29, 1.82) is 0 Å². The topological polar surface area (TPSA) is 24.9 Å². The third-order valence-electron chi connectivity index (χ3n) is 4.13. The highest BCUT2D eigenvalue weighted by atomic mass is 14.9. The van der Waals surface area contributed by atoms with Crippen molar-refractivity contribution in [3.8, 4) is 0 Å². The number of hydrogen-bond donors (Lipinski definition) is 1. The van der Waals surface area contributed by atoms with E-state index in [1.807, 2.05) is 12.4 Å². The molecule has 0 fully saturated rings. The molecule has 1 aromatic carbocycles. The van der Waals surface area contributed by atoms with Gasteiger partial charge in [-0.3, -0.25) is 4.98 Å². The lowest BCUT2D eigenvalue weighted by atomic mass is 9.91. The van der Waals surface area contributed by atoms with Gasteiger partial charge in [-0.1, -0.05) is 25.1 Å². The van der Waals surface area contributed by atoms with Crippen molar-refractivity contribution < 1.29 is 0 Å². The Bertz CT molecular complexity index is 570. The van der Waals surface area contributed by atoms with E-state index in [4.69, 9.17) is 0 Å². The minimum Gasteiger partial charge on any atom is -0.310 e. The predicted octanol–water partition coefficient (Wildman–Crippen LogP) is 4.29. The van der Waals surface area contributed by atoms with Gasteiger partial charge in [-0.15, -0.1) is 0 Å². The molecule has 1 unspecified atom stereocenters. The van der Waals surface area contributed by atoms with Gasteiger partial charge in [0.2, 0.25) is 0 Å². The Morgan fingerprint density at radius 3 is 2.38 bits per heavy atom. The number of aromatic nitrogens is 1. The number of benzene rings is 1. The molecule has 0 spiro atoms. The van der Waals surface area contributed by atoms with Gasteiger partial charge in [0, 0.05) is 18.4 Å². The molecule has 0 aliphatic rings. The normalized spacial score (nSPS) is 12.4. The van der Waals surface area contributed by atoms with Gasteiger partial charge in [0.05, 0.1) is 0 Å². The largest absolute Gasteiger partial charge is 0.310 e. The van der Waals surface area contributed by atoms with Crippen LogP contribution in [0.2, 0.25) is 0 Å². The molecule has 0 amide bonds. The Balaban J connectivity index is 2.31. The Morgan fingerprint density at radius 2 is 1.76 bits per heavy atom. The maximum Gasteiger partial charge on any atom is 0.0364 e. The van der Waals surface area contributed by atoms with Crippen LogP contribution in [0.5, 0.6) is 0 Å². The molecular weight excluding hydrogens is 256 g/mol.